The Morgan fingerprint density at radius 1 is 1.20 bits per heavy atom. The van der Waals surface area contributed by atoms with Crippen molar-refractivity contribution in [3.8, 4) is 0 Å². The summed E-state index contributed by atoms with van der Waals surface area (Å²) in [6, 6.07) is 0.351. The average Bonchev–Trinajstić information content (AvgIpc) is 3.04. The van der Waals surface area contributed by atoms with E-state index < -0.39 is 11.9 Å². The van der Waals surface area contributed by atoms with Crippen molar-refractivity contribution in [1.29, 1.82) is 0 Å². The van der Waals surface area contributed by atoms with E-state index in [0.717, 1.165) is 12.8 Å². The number of carbonyl (C=O) groups is 3. The highest BCUT2D eigenvalue weighted by atomic mass is 16.4. The molecular formula is C14H20N2O4. The van der Waals surface area contributed by atoms with Crippen molar-refractivity contribution < 1.29 is 19.5 Å². The topological polar surface area (TPSA) is 77.9 Å². The van der Waals surface area contributed by atoms with E-state index in [4.69, 9.17) is 5.11 Å². The zero-order chi connectivity index (χ0) is 14.4. The highest BCUT2D eigenvalue weighted by Gasteiger charge is 2.45. The van der Waals surface area contributed by atoms with Crippen molar-refractivity contribution in [2.75, 3.05) is 19.6 Å². The summed E-state index contributed by atoms with van der Waals surface area (Å²) in [5.41, 5.74) is 0. The zero-order valence-electron chi connectivity index (χ0n) is 11.6. The molecule has 3 fully saturated rings. The van der Waals surface area contributed by atoms with Crippen molar-refractivity contribution in [3.63, 3.8) is 0 Å². The van der Waals surface area contributed by atoms with Gasteiger partial charge in [0.2, 0.25) is 11.8 Å². The number of aliphatic carboxylic acids is 1. The Hall–Kier alpha value is -1.59. The molecule has 3 atom stereocenters. The summed E-state index contributed by atoms with van der Waals surface area (Å²) in [4.78, 5) is 38.9. The van der Waals surface area contributed by atoms with Crippen molar-refractivity contribution in [2.24, 2.45) is 17.8 Å². The first-order valence-electron chi connectivity index (χ1n) is 7.28. The fourth-order valence-electron chi connectivity index (χ4n) is 3.36. The van der Waals surface area contributed by atoms with Crippen LogP contribution in [0.3, 0.4) is 0 Å². The van der Waals surface area contributed by atoms with Gasteiger partial charge in [-0.3, -0.25) is 14.4 Å². The Balaban J connectivity index is 1.62. The minimum atomic E-state index is -0.838. The number of carboxylic acids is 1. The molecule has 2 saturated heterocycles. The number of carbonyl (C=O) groups excluding carboxylic acids is 2. The molecule has 0 aromatic carbocycles. The number of hydrogen-bond acceptors (Lipinski definition) is 3. The predicted octanol–water partition coefficient (Wildman–Crippen LogP) is 0.176. The van der Waals surface area contributed by atoms with E-state index in [1.54, 1.807) is 4.90 Å². The molecule has 3 aliphatic rings. The highest BCUT2D eigenvalue weighted by Crippen LogP contribution is 2.34. The molecule has 1 unspecified atom stereocenters. The molecule has 0 aromatic heterocycles. The summed E-state index contributed by atoms with van der Waals surface area (Å²) in [6.45, 7) is 3.15. The largest absolute Gasteiger partial charge is 0.481 e. The van der Waals surface area contributed by atoms with Gasteiger partial charge in [-0.2, -0.15) is 0 Å². The van der Waals surface area contributed by atoms with Crippen LogP contribution >= 0.6 is 0 Å². The Morgan fingerprint density at radius 2 is 1.90 bits per heavy atom. The number of amides is 2. The number of likely N-dealkylation sites (tertiary alicyclic amines) is 2. The van der Waals surface area contributed by atoms with Gasteiger partial charge in [-0.15, -0.1) is 0 Å². The molecule has 0 spiro atoms. The lowest BCUT2D eigenvalue weighted by Crippen LogP contribution is -2.36. The average molecular weight is 280 g/mol. The Bertz CT molecular complexity index is 460. The second-order valence-corrected chi connectivity index (χ2v) is 6.34. The van der Waals surface area contributed by atoms with Gasteiger partial charge in [0.1, 0.15) is 0 Å². The molecule has 6 nitrogen and oxygen atoms in total. The highest BCUT2D eigenvalue weighted by molar-refractivity contribution is 5.90. The van der Waals surface area contributed by atoms with Gasteiger partial charge in [0.05, 0.1) is 11.8 Å². The van der Waals surface area contributed by atoms with Crippen LogP contribution in [-0.4, -0.2) is 58.4 Å². The molecule has 0 aromatic rings. The lowest BCUT2D eigenvalue weighted by atomic mass is 9.99. The maximum atomic E-state index is 12.4. The second kappa shape index (κ2) is 4.75. The smallest absolute Gasteiger partial charge is 0.308 e. The van der Waals surface area contributed by atoms with Gasteiger partial charge < -0.3 is 14.9 Å². The fourth-order valence-corrected chi connectivity index (χ4v) is 3.36. The predicted molar refractivity (Wildman–Crippen MR) is 69.7 cm³/mol. The van der Waals surface area contributed by atoms with Crippen LogP contribution in [0.4, 0.5) is 0 Å². The van der Waals surface area contributed by atoms with Crippen molar-refractivity contribution >= 4 is 17.8 Å². The summed E-state index contributed by atoms with van der Waals surface area (Å²) in [6.07, 6.45) is 2.39. The number of nitrogens with zero attached hydrogens (tertiary/aromatic N) is 2. The molecule has 1 N–H and O–H groups in total. The zero-order valence-corrected chi connectivity index (χ0v) is 11.6. The molecule has 6 heteroatoms. The first-order valence-corrected chi connectivity index (χ1v) is 7.28. The van der Waals surface area contributed by atoms with Crippen LogP contribution < -0.4 is 0 Å². The van der Waals surface area contributed by atoms with Crippen LogP contribution in [0.25, 0.3) is 0 Å². The van der Waals surface area contributed by atoms with E-state index in [1.165, 1.54) is 0 Å². The summed E-state index contributed by atoms with van der Waals surface area (Å²) in [5.74, 6) is -1.58. The van der Waals surface area contributed by atoms with Crippen LogP contribution in [0.2, 0.25) is 0 Å². The fraction of sp³-hybridized carbons (Fsp3) is 0.786. The standard InChI is InChI=1S/C14H20N2O4/c1-8-5-15(7-11(8)14(19)20)13(18)9-4-12(17)16(6-9)10-2-3-10/h8-11H,2-7H2,1H3,(H,19,20)/t8-,9?,11-/m1/s1. The van der Waals surface area contributed by atoms with Gasteiger partial charge >= 0.3 is 5.97 Å². The van der Waals surface area contributed by atoms with Crippen molar-refractivity contribution in [1.82, 2.24) is 9.80 Å². The quantitative estimate of drug-likeness (QED) is 0.799. The maximum Gasteiger partial charge on any atom is 0.308 e. The van der Waals surface area contributed by atoms with E-state index in [1.807, 2.05) is 11.8 Å². The van der Waals surface area contributed by atoms with Crippen LogP contribution in [0, 0.1) is 17.8 Å². The molecule has 2 heterocycles. The minimum Gasteiger partial charge on any atom is -0.481 e. The normalized spacial score (nSPS) is 33.9. The molecule has 0 bridgehead atoms. The SMILES string of the molecule is C[C@@H]1CN(C(=O)C2CC(=O)N(C3CC3)C2)C[C@H]1C(=O)O. The van der Waals surface area contributed by atoms with Gasteiger partial charge in [-0.1, -0.05) is 6.92 Å². The lowest BCUT2D eigenvalue weighted by molar-refractivity contribution is -0.142. The molecule has 110 valence electrons. The van der Waals surface area contributed by atoms with E-state index in [0.29, 0.717) is 19.1 Å². The van der Waals surface area contributed by atoms with Gasteiger partial charge in [0, 0.05) is 32.1 Å². The summed E-state index contributed by atoms with van der Waals surface area (Å²) < 4.78 is 0. The number of carboxylic acid groups (broad SMARTS) is 1. The third kappa shape index (κ3) is 2.27. The maximum absolute atomic E-state index is 12.4. The van der Waals surface area contributed by atoms with Gasteiger partial charge in [-0.25, -0.2) is 0 Å². The third-order valence-corrected chi connectivity index (χ3v) is 4.74. The van der Waals surface area contributed by atoms with Gasteiger partial charge in [0.25, 0.3) is 0 Å². The molecule has 1 saturated carbocycles. The summed E-state index contributed by atoms with van der Waals surface area (Å²) >= 11 is 0. The number of rotatable bonds is 3. The van der Waals surface area contributed by atoms with Crippen LogP contribution in [-0.2, 0) is 14.4 Å². The van der Waals surface area contributed by atoms with Gasteiger partial charge in [0.15, 0.2) is 0 Å². The van der Waals surface area contributed by atoms with E-state index >= 15 is 0 Å². The second-order valence-electron chi connectivity index (χ2n) is 6.34. The molecular weight excluding hydrogens is 260 g/mol. The first kappa shape index (κ1) is 13.4. The molecule has 3 rings (SSSR count). The molecule has 2 aliphatic heterocycles. The van der Waals surface area contributed by atoms with Crippen LogP contribution in [0.15, 0.2) is 0 Å². The number of hydrogen-bond donors (Lipinski definition) is 1. The summed E-state index contributed by atoms with van der Waals surface area (Å²) in [5, 5.41) is 9.11. The summed E-state index contributed by atoms with van der Waals surface area (Å²) in [7, 11) is 0. The van der Waals surface area contributed by atoms with Crippen molar-refractivity contribution in [3.05, 3.63) is 0 Å². The Morgan fingerprint density at radius 3 is 2.45 bits per heavy atom. The first-order chi connectivity index (χ1) is 9.47. The van der Waals surface area contributed by atoms with Crippen LogP contribution in [0.5, 0.6) is 0 Å². The van der Waals surface area contributed by atoms with Crippen LogP contribution in [0.1, 0.15) is 26.2 Å². The van der Waals surface area contributed by atoms with E-state index in [9.17, 15) is 14.4 Å². The lowest BCUT2D eigenvalue weighted by Gasteiger charge is -2.20. The van der Waals surface area contributed by atoms with Crippen molar-refractivity contribution in [2.45, 2.75) is 32.2 Å². The Kier molecular flexibility index (Phi) is 3.18. The Labute approximate surface area is 117 Å². The molecule has 20 heavy (non-hydrogen) atoms. The molecule has 0 radical (unpaired) electrons. The monoisotopic (exact) mass is 280 g/mol. The third-order valence-electron chi connectivity index (χ3n) is 4.74. The molecule has 1 aliphatic carbocycles. The van der Waals surface area contributed by atoms with Gasteiger partial charge in [-0.05, 0) is 18.8 Å². The minimum absolute atomic E-state index is 0.0203. The molecule has 2 amide bonds. The van der Waals surface area contributed by atoms with E-state index in [-0.39, 0.29) is 36.6 Å². The van der Waals surface area contributed by atoms with E-state index in [2.05, 4.69) is 0 Å².